The van der Waals surface area contributed by atoms with Crippen molar-refractivity contribution in [1.82, 2.24) is 9.91 Å². The van der Waals surface area contributed by atoms with Gasteiger partial charge in [0.1, 0.15) is 6.54 Å². The molecule has 5 nitrogen and oxygen atoms in total. The second kappa shape index (κ2) is 2.92. The molecule has 66 valence electrons. The zero-order valence-electron chi connectivity index (χ0n) is 7.37. The van der Waals surface area contributed by atoms with Gasteiger partial charge in [-0.15, -0.1) is 0 Å². The summed E-state index contributed by atoms with van der Waals surface area (Å²) >= 11 is 0. The minimum absolute atomic E-state index is 0.0561. The monoisotopic (exact) mass is 169 g/mol. The van der Waals surface area contributed by atoms with Gasteiger partial charge in [-0.25, -0.2) is 9.80 Å². The summed E-state index contributed by atoms with van der Waals surface area (Å²) in [5.74, 6) is -0.218. The third kappa shape index (κ3) is 1.44. The van der Waals surface area contributed by atoms with Crippen LogP contribution in [-0.2, 0) is 4.79 Å². The lowest BCUT2D eigenvalue weighted by Gasteiger charge is -2.07. The van der Waals surface area contributed by atoms with Crippen molar-refractivity contribution in [2.24, 2.45) is 5.10 Å². The summed E-state index contributed by atoms with van der Waals surface area (Å²) in [5.41, 5.74) is 0.756. The highest BCUT2D eigenvalue weighted by Gasteiger charge is 2.32. The van der Waals surface area contributed by atoms with Crippen molar-refractivity contribution in [3.05, 3.63) is 0 Å². The quantitative estimate of drug-likeness (QED) is 0.418. The number of amides is 3. The minimum atomic E-state index is -0.360. The van der Waals surface area contributed by atoms with Crippen molar-refractivity contribution in [3.8, 4) is 0 Å². The SMILES string of the molecule is CC(C)=NN1CC(=O)N(C)C1=O. The molecule has 0 aromatic heterocycles. The molecular weight excluding hydrogens is 158 g/mol. The van der Waals surface area contributed by atoms with E-state index in [2.05, 4.69) is 5.10 Å². The van der Waals surface area contributed by atoms with Crippen molar-refractivity contribution in [2.45, 2.75) is 13.8 Å². The lowest BCUT2D eigenvalue weighted by Crippen LogP contribution is -2.27. The maximum Gasteiger partial charge on any atom is 0.347 e. The highest BCUT2D eigenvalue weighted by atomic mass is 16.2. The molecule has 1 rings (SSSR count). The normalized spacial score (nSPS) is 17.2. The van der Waals surface area contributed by atoms with Crippen molar-refractivity contribution in [1.29, 1.82) is 0 Å². The van der Waals surface area contributed by atoms with E-state index in [1.165, 1.54) is 7.05 Å². The minimum Gasteiger partial charge on any atom is -0.272 e. The first-order valence-corrected chi connectivity index (χ1v) is 3.62. The van der Waals surface area contributed by atoms with Crippen molar-refractivity contribution < 1.29 is 9.59 Å². The van der Waals surface area contributed by atoms with Gasteiger partial charge in [0.2, 0.25) is 0 Å². The maximum absolute atomic E-state index is 11.2. The van der Waals surface area contributed by atoms with Gasteiger partial charge in [0, 0.05) is 12.8 Å². The fourth-order valence-corrected chi connectivity index (χ4v) is 0.901. The summed E-state index contributed by atoms with van der Waals surface area (Å²) in [6, 6.07) is -0.360. The standard InChI is InChI=1S/C7H11N3O2/c1-5(2)8-10-4-6(11)9(3)7(10)12/h4H2,1-3H3. The van der Waals surface area contributed by atoms with Gasteiger partial charge in [-0.2, -0.15) is 5.10 Å². The number of likely N-dealkylation sites (N-methyl/N-ethyl adjacent to an activating group) is 1. The highest BCUT2D eigenvalue weighted by Crippen LogP contribution is 2.07. The van der Waals surface area contributed by atoms with E-state index in [-0.39, 0.29) is 18.5 Å². The molecule has 0 aromatic rings. The van der Waals surface area contributed by atoms with E-state index in [0.29, 0.717) is 0 Å². The van der Waals surface area contributed by atoms with Crippen LogP contribution in [0.15, 0.2) is 5.10 Å². The van der Waals surface area contributed by atoms with E-state index < -0.39 is 0 Å². The number of carbonyl (C=O) groups is 2. The summed E-state index contributed by atoms with van der Waals surface area (Å²) in [7, 11) is 1.45. The molecule has 1 aliphatic heterocycles. The van der Waals surface area contributed by atoms with Crippen LogP contribution >= 0.6 is 0 Å². The fraction of sp³-hybridized carbons (Fsp3) is 0.571. The molecule has 0 aliphatic carbocycles. The molecule has 0 aromatic carbocycles. The molecule has 1 heterocycles. The molecule has 5 heteroatoms. The molecular formula is C7H11N3O2. The summed E-state index contributed by atoms with van der Waals surface area (Å²) in [6.07, 6.45) is 0. The molecule has 0 atom stereocenters. The molecule has 1 saturated heterocycles. The molecule has 0 unspecified atom stereocenters. The van der Waals surface area contributed by atoms with Crippen LogP contribution < -0.4 is 0 Å². The summed E-state index contributed by atoms with van der Waals surface area (Å²) in [4.78, 5) is 23.2. The molecule has 0 bridgehead atoms. The highest BCUT2D eigenvalue weighted by molar-refractivity contribution is 6.02. The molecule has 3 amide bonds. The molecule has 0 spiro atoms. The predicted molar refractivity (Wildman–Crippen MR) is 43.7 cm³/mol. The van der Waals surface area contributed by atoms with Crippen LogP contribution in [0.2, 0.25) is 0 Å². The number of carbonyl (C=O) groups excluding carboxylic acids is 2. The summed E-state index contributed by atoms with van der Waals surface area (Å²) < 4.78 is 0. The number of hydrazone groups is 1. The van der Waals surface area contributed by atoms with Crippen LogP contribution in [0, 0.1) is 0 Å². The number of nitrogens with zero attached hydrogens (tertiary/aromatic N) is 3. The van der Waals surface area contributed by atoms with Crippen LogP contribution in [0.4, 0.5) is 4.79 Å². The van der Waals surface area contributed by atoms with Crippen LogP contribution in [0.5, 0.6) is 0 Å². The Bertz CT molecular complexity index is 255. The third-order valence-corrected chi connectivity index (χ3v) is 1.49. The van der Waals surface area contributed by atoms with Gasteiger partial charge < -0.3 is 0 Å². The first-order valence-electron chi connectivity index (χ1n) is 3.62. The van der Waals surface area contributed by atoms with Gasteiger partial charge in [-0.05, 0) is 13.8 Å². The average molecular weight is 169 g/mol. The van der Waals surface area contributed by atoms with Crippen LogP contribution in [0.25, 0.3) is 0 Å². The summed E-state index contributed by atoms with van der Waals surface area (Å²) in [6.45, 7) is 3.60. The van der Waals surface area contributed by atoms with E-state index in [9.17, 15) is 9.59 Å². The molecule has 0 N–H and O–H groups in total. The molecule has 0 radical (unpaired) electrons. The Morgan fingerprint density at radius 3 is 2.33 bits per heavy atom. The van der Waals surface area contributed by atoms with Crippen LogP contribution in [0.3, 0.4) is 0 Å². The lowest BCUT2D eigenvalue weighted by molar-refractivity contribution is -0.124. The second-order valence-corrected chi connectivity index (χ2v) is 2.84. The van der Waals surface area contributed by atoms with E-state index in [1.807, 2.05) is 0 Å². The molecule has 1 aliphatic rings. The zero-order valence-corrected chi connectivity index (χ0v) is 7.37. The Morgan fingerprint density at radius 1 is 1.42 bits per heavy atom. The fourth-order valence-electron chi connectivity index (χ4n) is 0.901. The van der Waals surface area contributed by atoms with Gasteiger partial charge >= 0.3 is 6.03 Å². The van der Waals surface area contributed by atoms with Crippen molar-refractivity contribution >= 4 is 17.6 Å². The Labute approximate surface area is 70.6 Å². The van der Waals surface area contributed by atoms with E-state index in [0.717, 1.165) is 15.6 Å². The second-order valence-electron chi connectivity index (χ2n) is 2.84. The Hall–Kier alpha value is -1.39. The predicted octanol–water partition coefficient (Wildman–Crippen LogP) is 0.276. The topological polar surface area (TPSA) is 53.0 Å². The van der Waals surface area contributed by atoms with Crippen LogP contribution in [-0.4, -0.2) is 41.2 Å². The zero-order chi connectivity index (χ0) is 9.30. The summed E-state index contributed by atoms with van der Waals surface area (Å²) in [5, 5.41) is 5.06. The van der Waals surface area contributed by atoms with E-state index in [1.54, 1.807) is 13.8 Å². The van der Waals surface area contributed by atoms with E-state index >= 15 is 0 Å². The van der Waals surface area contributed by atoms with Gasteiger partial charge in [-0.3, -0.25) is 9.69 Å². The molecule has 12 heavy (non-hydrogen) atoms. The number of rotatable bonds is 1. The van der Waals surface area contributed by atoms with E-state index in [4.69, 9.17) is 0 Å². The number of urea groups is 1. The number of hydrogen-bond acceptors (Lipinski definition) is 3. The van der Waals surface area contributed by atoms with Gasteiger partial charge in [-0.1, -0.05) is 0 Å². The van der Waals surface area contributed by atoms with Gasteiger partial charge in [0.25, 0.3) is 5.91 Å². The third-order valence-electron chi connectivity index (χ3n) is 1.49. The van der Waals surface area contributed by atoms with Gasteiger partial charge in [0.15, 0.2) is 0 Å². The van der Waals surface area contributed by atoms with Crippen LogP contribution in [0.1, 0.15) is 13.8 Å². The van der Waals surface area contributed by atoms with Gasteiger partial charge in [0.05, 0.1) is 0 Å². The first-order chi connectivity index (χ1) is 5.52. The van der Waals surface area contributed by atoms with Crippen molar-refractivity contribution in [3.63, 3.8) is 0 Å². The van der Waals surface area contributed by atoms with Crippen molar-refractivity contribution in [2.75, 3.05) is 13.6 Å². The first kappa shape index (κ1) is 8.70. The maximum atomic E-state index is 11.2. The average Bonchev–Trinajstić information content (AvgIpc) is 2.17. The molecule has 1 fully saturated rings. The molecule has 0 saturated carbocycles. The Kier molecular flexibility index (Phi) is 2.12. The lowest BCUT2D eigenvalue weighted by atomic mass is 10.5. The Balaban J connectivity index is 2.78. The smallest absolute Gasteiger partial charge is 0.272 e. The number of hydrogen-bond donors (Lipinski definition) is 0. The largest absolute Gasteiger partial charge is 0.347 e. The Morgan fingerprint density at radius 2 is 2.00 bits per heavy atom. The number of imide groups is 1.